The molecule has 0 aliphatic heterocycles. The smallest absolute Gasteiger partial charge is 0.167 e. The maximum absolute atomic E-state index is 12.0. The molecule has 0 radical (unpaired) electrons. The first-order valence-electron chi connectivity index (χ1n) is 26.2. The van der Waals surface area contributed by atoms with Crippen molar-refractivity contribution < 1.29 is 4.42 Å². The molecule has 0 N–H and O–H groups in total. The molecule has 0 amide bonds. The Labute approximate surface area is 439 Å². The molecule has 8 aromatic carbocycles. The molecule has 7 nitrogen and oxygen atoms in total. The first-order chi connectivity index (χ1) is 35.7. The van der Waals surface area contributed by atoms with E-state index in [1.165, 1.54) is 22.3 Å². The van der Waals surface area contributed by atoms with Crippen LogP contribution in [0.15, 0.2) is 162 Å². The first kappa shape index (κ1) is 47.7. The van der Waals surface area contributed by atoms with Crippen LogP contribution >= 0.6 is 0 Å². The number of para-hydroxylation sites is 1. The first-order valence-corrected chi connectivity index (χ1v) is 26.2. The molecule has 4 heterocycles. The van der Waals surface area contributed by atoms with Crippen molar-refractivity contribution in [3.05, 3.63) is 186 Å². The minimum absolute atomic E-state index is 0.0846. The predicted molar refractivity (Wildman–Crippen MR) is 312 cm³/mol. The molecule has 370 valence electrons. The monoisotopic (exact) mass is 978 g/mol. The van der Waals surface area contributed by atoms with Gasteiger partial charge in [-0.25, -0.2) is 15.0 Å². The third-order valence-corrected chi connectivity index (χ3v) is 15.3. The van der Waals surface area contributed by atoms with Crippen molar-refractivity contribution in [2.75, 3.05) is 0 Å². The molecular weight excluding hydrogens is 917 g/mol. The number of nitrogens with zero attached hydrogens (tertiary/aromatic N) is 6. The van der Waals surface area contributed by atoms with Gasteiger partial charge in [0.2, 0.25) is 0 Å². The molecule has 75 heavy (non-hydrogen) atoms. The van der Waals surface area contributed by atoms with Crippen LogP contribution in [0, 0.1) is 11.3 Å². The zero-order valence-electron chi connectivity index (χ0n) is 45.1. The Hall–Kier alpha value is -8.34. The molecule has 0 saturated heterocycles. The third kappa shape index (κ3) is 7.89. The molecular formula is C68H62N6O. The Morgan fingerprint density at radius 2 is 0.787 bits per heavy atom. The van der Waals surface area contributed by atoms with Gasteiger partial charge in [-0.15, -0.1) is 0 Å². The second kappa shape index (κ2) is 16.8. The van der Waals surface area contributed by atoms with E-state index in [-0.39, 0.29) is 21.7 Å². The van der Waals surface area contributed by atoms with Crippen LogP contribution in [0.4, 0.5) is 0 Å². The van der Waals surface area contributed by atoms with Crippen molar-refractivity contribution >= 4 is 65.6 Å². The average Bonchev–Trinajstić information content (AvgIpc) is 4.18. The highest BCUT2D eigenvalue weighted by atomic mass is 16.3. The summed E-state index contributed by atoms with van der Waals surface area (Å²) in [5.41, 5.74) is 14.4. The van der Waals surface area contributed by atoms with Crippen LogP contribution in [0.1, 0.15) is 111 Å². The summed E-state index contributed by atoms with van der Waals surface area (Å²) in [5.74, 6) is 1.59. The van der Waals surface area contributed by atoms with E-state index in [1.54, 1.807) is 0 Å². The molecule has 0 unspecified atom stereocenters. The number of benzene rings is 8. The van der Waals surface area contributed by atoms with Gasteiger partial charge in [0.1, 0.15) is 17.2 Å². The van der Waals surface area contributed by atoms with Gasteiger partial charge in [0.15, 0.2) is 23.1 Å². The largest absolute Gasteiger partial charge is 0.454 e. The molecule has 0 aliphatic rings. The Bertz CT molecular complexity index is 4120. The van der Waals surface area contributed by atoms with Gasteiger partial charge in [0, 0.05) is 43.4 Å². The number of furan rings is 1. The molecule has 0 atom stereocenters. The molecule has 0 spiro atoms. The van der Waals surface area contributed by atoms with Crippen molar-refractivity contribution in [1.29, 1.82) is 5.26 Å². The lowest BCUT2D eigenvalue weighted by molar-refractivity contribution is 0.590. The highest BCUT2D eigenvalue weighted by Gasteiger charge is 2.30. The number of hydrogen-bond donors (Lipinski definition) is 0. The fraction of sp³-hybridized carbons (Fsp3) is 0.235. The second-order valence-electron chi connectivity index (χ2n) is 24.5. The van der Waals surface area contributed by atoms with Crippen LogP contribution in [0.25, 0.3) is 111 Å². The summed E-state index contributed by atoms with van der Waals surface area (Å²) in [6.45, 7) is 27.3. The van der Waals surface area contributed by atoms with E-state index < -0.39 is 0 Å². The van der Waals surface area contributed by atoms with Crippen molar-refractivity contribution in [2.45, 2.75) is 105 Å². The summed E-state index contributed by atoms with van der Waals surface area (Å²) in [6.07, 6.45) is 0. The lowest BCUT2D eigenvalue weighted by Crippen LogP contribution is -2.11. The highest BCUT2D eigenvalue weighted by Crippen LogP contribution is 2.47. The number of hydrogen-bond acceptors (Lipinski definition) is 5. The Kier molecular flexibility index (Phi) is 10.7. The normalized spacial score (nSPS) is 12.8. The summed E-state index contributed by atoms with van der Waals surface area (Å²) < 4.78 is 12.0. The molecule has 7 heteroatoms. The van der Waals surface area contributed by atoms with Crippen LogP contribution in [0.3, 0.4) is 0 Å². The average molecular weight is 979 g/mol. The quantitative estimate of drug-likeness (QED) is 0.171. The Morgan fingerprint density at radius 1 is 0.387 bits per heavy atom. The highest BCUT2D eigenvalue weighted by molar-refractivity contribution is 6.16. The number of rotatable bonds is 5. The molecule has 0 aliphatic carbocycles. The maximum atomic E-state index is 12.0. The number of fused-ring (bicyclic) bond motifs is 9. The van der Waals surface area contributed by atoms with E-state index in [0.29, 0.717) is 39.8 Å². The standard InChI is InChI=1S/C68H62N6O/c1-65(2,3)42-26-30-54-48(34-42)49-35-43(66(4,5)6)27-31-55(49)73(54)58-38-52-46-24-19-25-47(64-71-62(40-20-15-13-16-21-40)70-63(72-64)41-22-17-14-18-23-41)60(46)75-61(52)53(39-69)59(58)74-56-32-28-44(67(7,8)9)36-50(56)51-37-45(68(10,11)12)29-33-57(51)74/h13-38H,1-12H3. The van der Waals surface area contributed by atoms with Crippen molar-refractivity contribution in [3.63, 3.8) is 0 Å². The van der Waals surface area contributed by atoms with Crippen LogP contribution in [0.5, 0.6) is 0 Å². The summed E-state index contributed by atoms with van der Waals surface area (Å²) in [5, 5.41) is 18.3. The summed E-state index contributed by atoms with van der Waals surface area (Å²) in [6, 6.07) is 58.8. The van der Waals surface area contributed by atoms with E-state index in [4.69, 9.17) is 19.4 Å². The van der Waals surface area contributed by atoms with E-state index >= 15 is 0 Å². The molecule has 0 bridgehead atoms. The van der Waals surface area contributed by atoms with Crippen LogP contribution < -0.4 is 0 Å². The van der Waals surface area contributed by atoms with Crippen LogP contribution in [-0.2, 0) is 21.7 Å². The van der Waals surface area contributed by atoms with Gasteiger partial charge in [-0.3, -0.25) is 0 Å². The minimum Gasteiger partial charge on any atom is -0.454 e. The van der Waals surface area contributed by atoms with E-state index in [9.17, 15) is 5.26 Å². The minimum atomic E-state index is -0.0961. The predicted octanol–water partition coefficient (Wildman–Crippen LogP) is 18.0. The van der Waals surface area contributed by atoms with Gasteiger partial charge >= 0.3 is 0 Å². The van der Waals surface area contributed by atoms with E-state index in [1.807, 2.05) is 72.8 Å². The fourth-order valence-corrected chi connectivity index (χ4v) is 10.9. The van der Waals surface area contributed by atoms with Gasteiger partial charge in [-0.05, 0) is 105 Å². The van der Waals surface area contributed by atoms with Gasteiger partial charge in [-0.2, -0.15) is 5.26 Å². The van der Waals surface area contributed by atoms with E-state index in [2.05, 4.69) is 183 Å². The van der Waals surface area contributed by atoms with Crippen molar-refractivity contribution in [2.24, 2.45) is 0 Å². The third-order valence-electron chi connectivity index (χ3n) is 15.3. The molecule has 0 saturated carbocycles. The fourth-order valence-electron chi connectivity index (χ4n) is 10.9. The molecule has 0 fully saturated rings. The maximum Gasteiger partial charge on any atom is 0.167 e. The van der Waals surface area contributed by atoms with Crippen molar-refractivity contribution in [3.8, 4) is 51.6 Å². The van der Waals surface area contributed by atoms with Gasteiger partial charge in [-0.1, -0.05) is 180 Å². The Balaban J connectivity index is 1.25. The number of aromatic nitrogens is 5. The summed E-state index contributed by atoms with van der Waals surface area (Å²) in [4.78, 5) is 15.3. The summed E-state index contributed by atoms with van der Waals surface area (Å²) in [7, 11) is 0. The SMILES string of the molecule is CC(C)(C)c1ccc2c(c1)c1cc(C(C)(C)C)ccc1n2-c1cc2c(oc3c(-c4nc(-c5ccccc5)nc(-c5ccccc5)n4)cccc32)c(C#N)c1-n1c2ccc(C(C)(C)C)cc2c2cc(C(C)(C)C)ccc21. The molecule has 12 aromatic rings. The lowest BCUT2D eigenvalue weighted by atomic mass is 9.85. The topological polar surface area (TPSA) is 85.5 Å². The lowest BCUT2D eigenvalue weighted by Gasteiger charge is -2.21. The van der Waals surface area contributed by atoms with Gasteiger partial charge < -0.3 is 13.6 Å². The van der Waals surface area contributed by atoms with Gasteiger partial charge in [0.05, 0.1) is 39.0 Å². The summed E-state index contributed by atoms with van der Waals surface area (Å²) >= 11 is 0. The van der Waals surface area contributed by atoms with Gasteiger partial charge in [0.25, 0.3) is 0 Å². The molecule has 12 rings (SSSR count). The van der Waals surface area contributed by atoms with Crippen molar-refractivity contribution in [1.82, 2.24) is 24.1 Å². The number of nitriles is 1. The second-order valence-corrected chi connectivity index (χ2v) is 24.5. The Morgan fingerprint density at radius 3 is 1.19 bits per heavy atom. The zero-order valence-corrected chi connectivity index (χ0v) is 45.1. The zero-order chi connectivity index (χ0) is 52.5. The van der Waals surface area contributed by atoms with Crippen LogP contribution in [-0.4, -0.2) is 24.1 Å². The molecule has 4 aromatic heterocycles. The van der Waals surface area contributed by atoms with E-state index in [0.717, 1.165) is 76.9 Å². The van der Waals surface area contributed by atoms with Crippen LogP contribution in [0.2, 0.25) is 0 Å².